The third-order valence-electron chi connectivity index (χ3n) is 2.09. The van der Waals surface area contributed by atoms with Gasteiger partial charge in [-0.05, 0) is 18.6 Å². The predicted octanol–water partition coefficient (Wildman–Crippen LogP) is 0.188. The molecule has 0 aliphatic heterocycles. The molecule has 18 heavy (non-hydrogen) atoms. The Kier molecular flexibility index (Phi) is 4.63. The number of benzene rings is 1. The molecule has 100 valence electrons. The Morgan fingerprint density at radius 1 is 1.17 bits per heavy atom. The molecule has 8 heteroatoms. The third kappa shape index (κ3) is 3.64. The summed E-state index contributed by atoms with van der Waals surface area (Å²) in [5, 5.41) is 4.97. The van der Waals surface area contributed by atoms with Crippen molar-refractivity contribution in [2.24, 2.45) is 5.14 Å². The number of rotatable bonds is 6. The van der Waals surface area contributed by atoms with Crippen LogP contribution in [0, 0.1) is 0 Å². The Morgan fingerprint density at radius 2 is 1.72 bits per heavy atom. The lowest BCUT2D eigenvalue weighted by molar-refractivity contribution is 0.574. The van der Waals surface area contributed by atoms with E-state index >= 15 is 0 Å². The van der Waals surface area contributed by atoms with E-state index in [9.17, 15) is 16.8 Å². The molecule has 1 aromatic rings. The molecule has 3 N–H and O–H groups in total. The molecular weight excluding hydrogens is 276 g/mol. The van der Waals surface area contributed by atoms with Gasteiger partial charge >= 0.3 is 0 Å². The molecule has 0 saturated carbocycles. The number of primary sulfonamides is 1. The largest absolute Gasteiger partial charge is 0.241 e. The zero-order chi connectivity index (χ0) is 13.8. The summed E-state index contributed by atoms with van der Waals surface area (Å²) < 4.78 is 48.7. The van der Waals surface area contributed by atoms with Gasteiger partial charge in [-0.3, -0.25) is 0 Å². The monoisotopic (exact) mass is 290 g/mol. The van der Waals surface area contributed by atoms with E-state index in [0.29, 0.717) is 6.42 Å². The summed E-state index contributed by atoms with van der Waals surface area (Å²) in [6, 6.07) is 5.17. The van der Waals surface area contributed by atoms with Crippen molar-refractivity contribution in [1.29, 1.82) is 0 Å². The highest BCUT2D eigenvalue weighted by molar-refractivity contribution is 7.92. The average Bonchev–Trinajstić information content (AvgIpc) is 2.28. The minimum atomic E-state index is -4.09. The Morgan fingerprint density at radius 3 is 2.22 bits per heavy atom. The van der Waals surface area contributed by atoms with Crippen LogP contribution in [-0.2, 0) is 20.0 Å². The van der Waals surface area contributed by atoms with Crippen LogP contribution in [0.5, 0.6) is 0 Å². The maximum atomic E-state index is 11.9. The van der Waals surface area contributed by atoms with E-state index in [0.717, 1.165) is 6.07 Å². The Hall–Kier alpha value is -1.22. The molecule has 0 aliphatic carbocycles. The lowest BCUT2D eigenvalue weighted by atomic mass is 10.4. The quantitative estimate of drug-likeness (QED) is 0.576. The van der Waals surface area contributed by atoms with Crippen LogP contribution in [-0.4, -0.2) is 23.4 Å². The van der Waals surface area contributed by atoms with Gasteiger partial charge in [0.2, 0.25) is 20.0 Å². The van der Waals surface area contributed by atoms with E-state index in [-0.39, 0.29) is 11.4 Å². The van der Waals surface area contributed by atoms with Crippen LogP contribution in [0.2, 0.25) is 0 Å². The molecule has 0 unspecified atom stereocenters. The van der Waals surface area contributed by atoms with Gasteiger partial charge in [0.25, 0.3) is 0 Å². The fraction of sp³-hybridized carbons (Fsp3) is 0.200. The maximum Gasteiger partial charge on any atom is 0.241 e. The van der Waals surface area contributed by atoms with Gasteiger partial charge < -0.3 is 0 Å². The van der Waals surface area contributed by atoms with E-state index in [2.05, 4.69) is 11.3 Å². The second-order valence-electron chi connectivity index (χ2n) is 3.47. The van der Waals surface area contributed by atoms with E-state index in [1.807, 2.05) is 0 Å². The number of hydrogen-bond acceptors (Lipinski definition) is 4. The van der Waals surface area contributed by atoms with Gasteiger partial charge in [0.15, 0.2) is 0 Å². The minimum absolute atomic E-state index is 0.144. The van der Waals surface area contributed by atoms with Crippen molar-refractivity contribution >= 4 is 20.0 Å². The lowest BCUT2D eigenvalue weighted by Crippen LogP contribution is -2.27. The van der Waals surface area contributed by atoms with Gasteiger partial charge in [0.1, 0.15) is 9.79 Å². The molecule has 0 saturated heterocycles. The SMILES string of the molecule is C=CCCNS(=O)(=O)c1ccccc1S(N)(=O)=O. The normalized spacial score (nSPS) is 12.3. The first-order valence-electron chi connectivity index (χ1n) is 5.01. The molecule has 0 spiro atoms. The van der Waals surface area contributed by atoms with Crippen LogP contribution in [0.15, 0.2) is 46.7 Å². The molecule has 0 heterocycles. The highest BCUT2D eigenvalue weighted by atomic mass is 32.2. The minimum Gasteiger partial charge on any atom is -0.225 e. The van der Waals surface area contributed by atoms with Crippen molar-refractivity contribution in [3.05, 3.63) is 36.9 Å². The molecule has 0 aliphatic rings. The van der Waals surface area contributed by atoms with E-state index < -0.39 is 24.9 Å². The summed E-state index contributed by atoms with van der Waals surface area (Å²) in [4.78, 5) is -0.771. The van der Waals surface area contributed by atoms with Gasteiger partial charge in [-0.2, -0.15) is 0 Å². The molecule has 0 radical (unpaired) electrons. The van der Waals surface area contributed by atoms with Crippen molar-refractivity contribution < 1.29 is 16.8 Å². The second-order valence-corrected chi connectivity index (χ2v) is 6.73. The summed E-state index contributed by atoms with van der Waals surface area (Å²) in [6.07, 6.45) is 1.99. The Bertz CT molecular complexity index is 636. The molecule has 0 amide bonds. The van der Waals surface area contributed by atoms with Crippen LogP contribution in [0.25, 0.3) is 0 Å². The number of hydrogen-bond donors (Lipinski definition) is 2. The molecule has 0 fully saturated rings. The smallest absolute Gasteiger partial charge is 0.225 e. The number of sulfonamides is 2. The first-order valence-corrected chi connectivity index (χ1v) is 8.04. The highest BCUT2D eigenvalue weighted by Crippen LogP contribution is 2.18. The fourth-order valence-corrected chi connectivity index (χ4v) is 3.71. The summed E-state index contributed by atoms with van der Waals surface area (Å²) in [7, 11) is -7.99. The van der Waals surface area contributed by atoms with Crippen LogP contribution < -0.4 is 9.86 Å². The van der Waals surface area contributed by atoms with Crippen molar-refractivity contribution in [2.45, 2.75) is 16.2 Å². The molecule has 6 nitrogen and oxygen atoms in total. The van der Waals surface area contributed by atoms with Crippen LogP contribution in [0.4, 0.5) is 0 Å². The van der Waals surface area contributed by atoms with Gasteiger partial charge in [-0.25, -0.2) is 26.7 Å². The van der Waals surface area contributed by atoms with Crippen LogP contribution in [0.1, 0.15) is 6.42 Å². The Balaban J connectivity index is 3.21. The van der Waals surface area contributed by atoms with E-state index in [1.54, 1.807) is 6.08 Å². The summed E-state index contributed by atoms with van der Waals surface area (Å²) in [5.41, 5.74) is 0. The summed E-state index contributed by atoms with van der Waals surface area (Å²) in [6.45, 7) is 3.60. The summed E-state index contributed by atoms with van der Waals surface area (Å²) in [5.74, 6) is 0. The van der Waals surface area contributed by atoms with Crippen LogP contribution >= 0.6 is 0 Å². The molecular formula is C10H14N2O4S2. The summed E-state index contributed by atoms with van der Waals surface area (Å²) >= 11 is 0. The first kappa shape index (κ1) is 14.8. The predicted molar refractivity (Wildman–Crippen MR) is 67.8 cm³/mol. The topological polar surface area (TPSA) is 106 Å². The van der Waals surface area contributed by atoms with Gasteiger partial charge in [-0.15, -0.1) is 6.58 Å². The van der Waals surface area contributed by atoms with Crippen molar-refractivity contribution in [2.75, 3.05) is 6.54 Å². The fourth-order valence-electron chi connectivity index (χ4n) is 1.28. The van der Waals surface area contributed by atoms with Crippen molar-refractivity contribution in [1.82, 2.24) is 4.72 Å². The average molecular weight is 290 g/mol. The Labute approximate surface area is 107 Å². The van der Waals surface area contributed by atoms with Gasteiger partial charge in [0, 0.05) is 6.54 Å². The molecule has 0 aromatic heterocycles. The molecule has 0 bridgehead atoms. The number of nitrogens with two attached hydrogens (primary N) is 1. The maximum absolute atomic E-state index is 11.9. The zero-order valence-electron chi connectivity index (χ0n) is 9.53. The van der Waals surface area contributed by atoms with Crippen molar-refractivity contribution in [3.63, 3.8) is 0 Å². The lowest BCUT2D eigenvalue weighted by Gasteiger charge is -2.09. The zero-order valence-corrected chi connectivity index (χ0v) is 11.2. The van der Waals surface area contributed by atoms with Crippen molar-refractivity contribution in [3.8, 4) is 0 Å². The second kappa shape index (κ2) is 5.61. The van der Waals surface area contributed by atoms with Crippen LogP contribution in [0.3, 0.4) is 0 Å². The third-order valence-corrected chi connectivity index (χ3v) is 4.70. The standard InChI is InChI=1S/C10H14N2O4S2/c1-2-3-8-12-18(15,16)10-7-5-4-6-9(10)17(11,13)14/h2,4-7,12H,1,3,8H2,(H2,11,13,14). The number of nitrogens with one attached hydrogen (secondary N) is 1. The van der Waals surface area contributed by atoms with Gasteiger partial charge in [0.05, 0.1) is 0 Å². The first-order chi connectivity index (χ1) is 8.29. The molecule has 1 rings (SSSR count). The highest BCUT2D eigenvalue weighted by Gasteiger charge is 2.23. The van der Waals surface area contributed by atoms with Gasteiger partial charge in [-0.1, -0.05) is 18.2 Å². The van der Waals surface area contributed by atoms with E-state index in [4.69, 9.17) is 5.14 Å². The molecule has 1 aromatic carbocycles. The molecule has 0 atom stereocenters. The van der Waals surface area contributed by atoms with E-state index in [1.165, 1.54) is 18.2 Å².